The summed E-state index contributed by atoms with van der Waals surface area (Å²) in [6.07, 6.45) is -4.48. The van der Waals surface area contributed by atoms with E-state index in [2.05, 4.69) is 5.32 Å². The second kappa shape index (κ2) is 7.62. The van der Waals surface area contributed by atoms with Crippen molar-refractivity contribution in [1.29, 1.82) is 0 Å². The molecule has 1 aliphatic heterocycles. The first kappa shape index (κ1) is 21.0. The molecule has 1 aliphatic rings. The largest absolute Gasteiger partial charge is 0.416 e. The second-order valence-corrected chi connectivity index (χ2v) is 8.26. The van der Waals surface area contributed by atoms with E-state index in [-0.39, 0.29) is 5.91 Å². The minimum absolute atomic E-state index is 0.335. The van der Waals surface area contributed by atoms with Crippen LogP contribution in [0.15, 0.2) is 72.8 Å². The standard InChI is InChI=1S/C26H20F3N3O/c1-15-11-16(2)13-20(12-15)32-24-21(23(31-32)17-7-4-3-5-8-17)22(30-25(24)33)18-9-6-10-19(14-18)26(27,28)29/h3-14,22H,1-2H3,(H,30,33). The number of rotatable bonds is 3. The van der Waals surface area contributed by atoms with Gasteiger partial charge < -0.3 is 5.32 Å². The highest BCUT2D eigenvalue weighted by molar-refractivity contribution is 6.01. The molecule has 4 aromatic rings. The average molecular weight is 447 g/mol. The van der Waals surface area contributed by atoms with Gasteiger partial charge in [0.15, 0.2) is 0 Å². The Morgan fingerprint density at radius 2 is 1.61 bits per heavy atom. The molecule has 0 fully saturated rings. The number of alkyl halides is 3. The van der Waals surface area contributed by atoms with Crippen molar-refractivity contribution < 1.29 is 18.0 Å². The number of nitrogens with zero attached hydrogens (tertiary/aromatic N) is 2. The second-order valence-electron chi connectivity index (χ2n) is 8.26. The SMILES string of the molecule is Cc1cc(C)cc(-n2nc(-c3ccccc3)c3c2C(=O)NC3c2cccc(C(F)(F)F)c2)c1. The van der Waals surface area contributed by atoms with Crippen molar-refractivity contribution >= 4 is 5.91 Å². The minimum Gasteiger partial charge on any atom is -0.340 e. The zero-order chi connectivity index (χ0) is 23.3. The molecule has 3 aromatic carbocycles. The molecule has 1 atom stereocenters. The van der Waals surface area contributed by atoms with Crippen LogP contribution in [0.1, 0.15) is 44.3 Å². The number of hydrogen-bond donors (Lipinski definition) is 1. The van der Waals surface area contributed by atoms with Crippen LogP contribution in [0.25, 0.3) is 16.9 Å². The van der Waals surface area contributed by atoms with Crippen LogP contribution in [0.2, 0.25) is 0 Å². The van der Waals surface area contributed by atoms with Crippen molar-refractivity contribution in [3.05, 3.63) is 106 Å². The van der Waals surface area contributed by atoms with Gasteiger partial charge in [-0.1, -0.05) is 48.5 Å². The normalized spacial score (nSPS) is 15.4. The predicted octanol–water partition coefficient (Wildman–Crippen LogP) is 6.01. The molecule has 4 nitrogen and oxygen atoms in total. The molecule has 1 unspecified atom stereocenters. The molecule has 1 aromatic heterocycles. The maximum absolute atomic E-state index is 13.4. The Hall–Kier alpha value is -3.87. The third-order valence-corrected chi connectivity index (χ3v) is 5.75. The maximum Gasteiger partial charge on any atom is 0.416 e. The first-order chi connectivity index (χ1) is 15.7. The van der Waals surface area contributed by atoms with E-state index >= 15 is 0 Å². The lowest BCUT2D eigenvalue weighted by molar-refractivity contribution is -0.137. The van der Waals surface area contributed by atoms with Gasteiger partial charge in [0.1, 0.15) is 5.69 Å². The number of carbonyl (C=O) groups is 1. The summed E-state index contributed by atoms with van der Waals surface area (Å²) >= 11 is 0. The first-order valence-corrected chi connectivity index (χ1v) is 10.5. The van der Waals surface area contributed by atoms with Crippen LogP contribution in [-0.4, -0.2) is 15.7 Å². The van der Waals surface area contributed by atoms with Gasteiger partial charge in [-0.15, -0.1) is 0 Å². The summed E-state index contributed by atoms with van der Waals surface area (Å²) in [7, 11) is 0. The van der Waals surface area contributed by atoms with Crippen LogP contribution < -0.4 is 5.32 Å². The molecular weight excluding hydrogens is 427 g/mol. The zero-order valence-corrected chi connectivity index (χ0v) is 17.9. The smallest absolute Gasteiger partial charge is 0.340 e. The van der Waals surface area contributed by atoms with Gasteiger partial charge >= 0.3 is 6.18 Å². The lowest BCUT2D eigenvalue weighted by Crippen LogP contribution is -2.23. The van der Waals surface area contributed by atoms with Crippen molar-refractivity contribution in [2.45, 2.75) is 26.1 Å². The van der Waals surface area contributed by atoms with E-state index in [1.54, 1.807) is 10.7 Å². The lowest BCUT2D eigenvalue weighted by atomic mass is 9.95. The summed E-state index contributed by atoms with van der Waals surface area (Å²) in [4.78, 5) is 13.1. The average Bonchev–Trinajstić information content (AvgIpc) is 3.32. The molecule has 0 bridgehead atoms. The Morgan fingerprint density at radius 3 is 2.27 bits per heavy atom. The number of amides is 1. The summed E-state index contributed by atoms with van der Waals surface area (Å²) in [6.45, 7) is 3.92. The van der Waals surface area contributed by atoms with Crippen molar-refractivity contribution in [1.82, 2.24) is 15.1 Å². The molecule has 0 radical (unpaired) electrons. The van der Waals surface area contributed by atoms with Gasteiger partial charge in [0.2, 0.25) is 0 Å². The highest BCUT2D eigenvalue weighted by atomic mass is 19.4. The molecule has 0 spiro atoms. The molecule has 1 N–H and O–H groups in total. The van der Waals surface area contributed by atoms with Gasteiger partial charge in [0, 0.05) is 11.1 Å². The molecule has 7 heteroatoms. The zero-order valence-electron chi connectivity index (χ0n) is 17.9. The molecule has 2 heterocycles. The lowest BCUT2D eigenvalue weighted by Gasteiger charge is -2.15. The van der Waals surface area contributed by atoms with Gasteiger partial charge in [-0.2, -0.15) is 18.3 Å². The van der Waals surface area contributed by atoms with E-state index in [9.17, 15) is 18.0 Å². The number of carbonyl (C=O) groups excluding carboxylic acids is 1. The van der Waals surface area contributed by atoms with E-state index < -0.39 is 17.8 Å². The van der Waals surface area contributed by atoms with Crippen molar-refractivity contribution in [3.63, 3.8) is 0 Å². The number of nitrogens with one attached hydrogen (secondary N) is 1. The van der Waals surface area contributed by atoms with Crippen LogP contribution in [-0.2, 0) is 6.18 Å². The minimum atomic E-state index is -4.48. The Morgan fingerprint density at radius 1 is 0.909 bits per heavy atom. The first-order valence-electron chi connectivity index (χ1n) is 10.5. The summed E-state index contributed by atoms with van der Waals surface area (Å²) in [5.74, 6) is -0.374. The predicted molar refractivity (Wildman–Crippen MR) is 119 cm³/mol. The van der Waals surface area contributed by atoms with Crippen LogP contribution in [0, 0.1) is 13.8 Å². The van der Waals surface area contributed by atoms with E-state index in [0.29, 0.717) is 22.5 Å². The number of hydrogen-bond acceptors (Lipinski definition) is 2. The third-order valence-electron chi connectivity index (χ3n) is 5.75. The molecule has 5 rings (SSSR count). The highest BCUT2D eigenvalue weighted by Crippen LogP contribution is 2.40. The molecule has 166 valence electrons. The number of fused-ring (bicyclic) bond motifs is 1. The fourth-order valence-electron chi connectivity index (χ4n) is 4.41. The van der Waals surface area contributed by atoms with Gasteiger partial charge in [0.05, 0.1) is 23.0 Å². The number of halogens is 3. The van der Waals surface area contributed by atoms with Crippen LogP contribution in [0.3, 0.4) is 0 Å². The fourth-order valence-corrected chi connectivity index (χ4v) is 4.41. The Labute approximate surface area is 188 Å². The van der Waals surface area contributed by atoms with Crippen LogP contribution in [0.4, 0.5) is 13.2 Å². The quantitative estimate of drug-likeness (QED) is 0.418. The van der Waals surface area contributed by atoms with Crippen molar-refractivity contribution in [2.24, 2.45) is 0 Å². The van der Waals surface area contributed by atoms with Crippen LogP contribution in [0.5, 0.6) is 0 Å². The topological polar surface area (TPSA) is 46.9 Å². The number of aromatic nitrogens is 2. The van der Waals surface area contributed by atoms with E-state index in [1.807, 2.05) is 62.4 Å². The van der Waals surface area contributed by atoms with E-state index in [0.717, 1.165) is 34.5 Å². The Bertz CT molecular complexity index is 1350. The highest BCUT2D eigenvalue weighted by Gasteiger charge is 2.39. The number of aryl methyl sites for hydroxylation is 2. The molecular formula is C26H20F3N3O. The molecule has 0 saturated carbocycles. The van der Waals surface area contributed by atoms with Gasteiger partial charge in [-0.25, -0.2) is 4.68 Å². The summed E-state index contributed by atoms with van der Waals surface area (Å²) in [6, 6.07) is 19.6. The Balaban J connectivity index is 1.75. The van der Waals surface area contributed by atoms with Crippen molar-refractivity contribution in [3.8, 4) is 16.9 Å². The summed E-state index contributed by atoms with van der Waals surface area (Å²) < 4.78 is 41.7. The van der Waals surface area contributed by atoms with Crippen LogP contribution >= 0.6 is 0 Å². The Kier molecular flexibility index (Phi) is 4.85. The monoisotopic (exact) mass is 447 g/mol. The van der Waals surface area contributed by atoms with Crippen molar-refractivity contribution in [2.75, 3.05) is 0 Å². The summed E-state index contributed by atoms with van der Waals surface area (Å²) in [5, 5.41) is 7.66. The molecule has 0 saturated heterocycles. The maximum atomic E-state index is 13.4. The molecule has 0 aliphatic carbocycles. The van der Waals surface area contributed by atoms with Gasteiger partial charge in [-0.3, -0.25) is 4.79 Å². The van der Waals surface area contributed by atoms with E-state index in [1.165, 1.54) is 6.07 Å². The summed E-state index contributed by atoms with van der Waals surface area (Å²) in [5.41, 5.74) is 4.61. The van der Waals surface area contributed by atoms with Gasteiger partial charge in [-0.05, 0) is 54.8 Å². The number of benzene rings is 3. The molecule has 1 amide bonds. The molecule has 33 heavy (non-hydrogen) atoms. The third kappa shape index (κ3) is 3.69. The fraction of sp³-hybridized carbons (Fsp3) is 0.154. The van der Waals surface area contributed by atoms with Gasteiger partial charge in [0.25, 0.3) is 5.91 Å². The van der Waals surface area contributed by atoms with E-state index in [4.69, 9.17) is 5.10 Å².